The maximum Gasteiger partial charge on any atom is 0.408 e. The van der Waals surface area contributed by atoms with Gasteiger partial charge in [-0.2, -0.15) is 5.01 Å². The molecule has 1 aliphatic heterocycles. The van der Waals surface area contributed by atoms with Gasteiger partial charge in [-0.3, -0.25) is 9.59 Å². The summed E-state index contributed by atoms with van der Waals surface area (Å²) >= 11 is 0. The number of fused-ring (bicyclic) bond motifs is 3. The fourth-order valence-electron chi connectivity index (χ4n) is 7.58. The van der Waals surface area contributed by atoms with Crippen molar-refractivity contribution in [3.8, 4) is 11.1 Å². The molecule has 4 N–H and O–H groups in total. The number of cyclic esters (lactones) is 1. The topological polar surface area (TPSA) is 156 Å². The van der Waals surface area contributed by atoms with E-state index in [2.05, 4.69) is 28.2 Å². The molecule has 0 bridgehead atoms. The molecule has 48 heavy (non-hydrogen) atoms. The van der Waals surface area contributed by atoms with Gasteiger partial charge >= 0.3 is 18.0 Å². The molecule has 2 aromatic carbocycles. The molecular formula is C36H48N4O8. The molecule has 2 unspecified atom stereocenters. The molecule has 2 aliphatic carbocycles. The van der Waals surface area contributed by atoms with Gasteiger partial charge in [0, 0.05) is 30.9 Å². The molecule has 0 radical (unpaired) electrons. The number of ether oxygens (including phenoxy) is 3. The summed E-state index contributed by atoms with van der Waals surface area (Å²) in [5.41, 5.74) is 4.86. The number of esters is 1. The van der Waals surface area contributed by atoms with Gasteiger partial charge in [-0.15, -0.1) is 0 Å². The van der Waals surface area contributed by atoms with Crippen LogP contribution < -0.4 is 16.1 Å². The summed E-state index contributed by atoms with van der Waals surface area (Å²) in [5.74, 6) is -3.09. The Morgan fingerprint density at radius 2 is 1.65 bits per heavy atom. The van der Waals surface area contributed by atoms with Crippen molar-refractivity contribution in [1.82, 2.24) is 21.1 Å². The number of benzene rings is 2. The first-order valence-electron chi connectivity index (χ1n) is 16.9. The zero-order valence-corrected chi connectivity index (χ0v) is 28.3. The third-order valence-corrected chi connectivity index (χ3v) is 10.1. The Labute approximate surface area is 281 Å². The lowest BCUT2D eigenvalue weighted by atomic mass is 9.90. The molecule has 1 saturated carbocycles. The minimum atomic E-state index is -1.61. The number of hydrogen-bond donors (Lipinski definition) is 4. The van der Waals surface area contributed by atoms with Crippen LogP contribution in [0.3, 0.4) is 0 Å². The van der Waals surface area contributed by atoms with E-state index in [1.807, 2.05) is 43.3 Å². The maximum absolute atomic E-state index is 14.3. The number of carboxylic acids is 1. The quantitative estimate of drug-likeness (QED) is 0.200. The summed E-state index contributed by atoms with van der Waals surface area (Å²) < 4.78 is 16.7. The highest BCUT2D eigenvalue weighted by atomic mass is 16.6. The molecule has 2 amide bonds. The molecule has 12 heteroatoms. The molecule has 1 heterocycles. The number of carbonyl (C=O) groups excluding carboxylic acids is 3. The van der Waals surface area contributed by atoms with Gasteiger partial charge in [0.25, 0.3) is 0 Å². The predicted molar refractivity (Wildman–Crippen MR) is 177 cm³/mol. The van der Waals surface area contributed by atoms with Crippen molar-refractivity contribution in [2.45, 2.75) is 88.9 Å². The first kappa shape index (κ1) is 35.3. The molecule has 2 fully saturated rings. The van der Waals surface area contributed by atoms with Crippen LogP contribution in [0.15, 0.2) is 48.5 Å². The van der Waals surface area contributed by atoms with Crippen LogP contribution in [0.5, 0.6) is 0 Å². The van der Waals surface area contributed by atoms with Crippen LogP contribution in [0.4, 0.5) is 4.79 Å². The monoisotopic (exact) mass is 664 g/mol. The van der Waals surface area contributed by atoms with Crippen LogP contribution in [-0.2, 0) is 28.6 Å². The minimum Gasteiger partial charge on any atom is -0.481 e. The number of methoxy groups -OCH3 is 1. The van der Waals surface area contributed by atoms with Crippen molar-refractivity contribution in [3.05, 3.63) is 59.7 Å². The van der Waals surface area contributed by atoms with Gasteiger partial charge < -0.3 is 30.0 Å². The Morgan fingerprint density at radius 3 is 2.21 bits per heavy atom. The highest BCUT2D eigenvalue weighted by Crippen LogP contribution is 2.44. The number of hydrazine groups is 1. The highest BCUT2D eigenvalue weighted by Gasteiger charge is 2.58. The van der Waals surface area contributed by atoms with E-state index in [0.29, 0.717) is 32.1 Å². The van der Waals surface area contributed by atoms with Crippen molar-refractivity contribution in [2.24, 2.45) is 11.8 Å². The van der Waals surface area contributed by atoms with E-state index in [4.69, 9.17) is 14.2 Å². The molecule has 3 atom stereocenters. The summed E-state index contributed by atoms with van der Waals surface area (Å²) in [6.45, 7) is 5.75. The summed E-state index contributed by atoms with van der Waals surface area (Å²) in [5, 5.41) is 17.0. The van der Waals surface area contributed by atoms with Crippen LogP contribution >= 0.6 is 0 Å². The molecule has 0 spiro atoms. The number of nitrogens with zero attached hydrogens (tertiary/aromatic N) is 1. The number of carbonyl (C=O) groups is 4. The van der Waals surface area contributed by atoms with Crippen LogP contribution in [-0.4, -0.2) is 78.4 Å². The van der Waals surface area contributed by atoms with Crippen LogP contribution in [0, 0.1) is 11.8 Å². The number of nitrogens with one attached hydrogen (secondary N) is 3. The fourth-order valence-corrected chi connectivity index (χ4v) is 7.58. The molecule has 260 valence electrons. The Kier molecular flexibility index (Phi) is 11.1. The van der Waals surface area contributed by atoms with Gasteiger partial charge in [0.1, 0.15) is 12.1 Å². The molecule has 1 saturated heterocycles. The Balaban J connectivity index is 1.33. The van der Waals surface area contributed by atoms with E-state index in [0.717, 1.165) is 28.7 Å². The van der Waals surface area contributed by atoms with Gasteiger partial charge in [0.15, 0.2) is 6.73 Å². The number of amides is 2. The van der Waals surface area contributed by atoms with E-state index in [-0.39, 0.29) is 38.3 Å². The second-order valence-corrected chi connectivity index (χ2v) is 13.4. The number of aliphatic carboxylic acids is 1. The summed E-state index contributed by atoms with van der Waals surface area (Å²) in [7, 11) is 1.52. The molecule has 5 rings (SSSR count). The van der Waals surface area contributed by atoms with Crippen molar-refractivity contribution >= 4 is 23.9 Å². The molecule has 0 aromatic heterocycles. The summed E-state index contributed by atoms with van der Waals surface area (Å²) in [4.78, 5) is 52.9. The predicted octanol–water partition coefficient (Wildman–Crippen LogP) is 4.53. The van der Waals surface area contributed by atoms with Gasteiger partial charge in [-0.25, -0.2) is 15.0 Å². The number of carboxylic acid groups (broad SMARTS) is 1. The van der Waals surface area contributed by atoms with Crippen molar-refractivity contribution < 1.29 is 38.5 Å². The van der Waals surface area contributed by atoms with E-state index in [1.54, 1.807) is 18.9 Å². The summed E-state index contributed by atoms with van der Waals surface area (Å²) in [6, 6.07) is 15.8. The van der Waals surface area contributed by atoms with Crippen molar-refractivity contribution in [1.29, 1.82) is 0 Å². The van der Waals surface area contributed by atoms with E-state index >= 15 is 0 Å². The average molecular weight is 665 g/mol. The lowest BCUT2D eigenvalue weighted by Gasteiger charge is -2.42. The second kappa shape index (κ2) is 15.0. The van der Waals surface area contributed by atoms with Gasteiger partial charge in [0.2, 0.25) is 11.6 Å². The Bertz CT molecular complexity index is 1450. The van der Waals surface area contributed by atoms with Crippen molar-refractivity contribution in [3.63, 3.8) is 0 Å². The van der Waals surface area contributed by atoms with Crippen LogP contribution in [0.2, 0.25) is 0 Å². The number of alkyl carbamates (subject to hydrolysis) is 1. The van der Waals surface area contributed by atoms with Gasteiger partial charge in [-0.1, -0.05) is 88.6 Å². The third-order valence-electron chi connectivity index (χ3n) is 10.1. The summed E-state index contributed by atoms with van der Waals surface area (Å²) in [6.07, 6.45) is 2.70. The van der Waals surface area contributed by atoms with Crippen LogP contribution in [0.1, 0.15) is 82.8 Å². The first-order valence-corrected chi connectivity index (χ1v) is 16.9. The van der Waals surface area contributed by atoms with Crippen LogP contribution in [0.25, 0.3) is 11.1 Å². The molecule has 2 aromatic rings. The van der Waals surface area contributed by atoms with E-state index in [9.17, 15) is 24.3 Å². The van der Waals surface area contributed by atoms with E-state index in [1.165, 1.54) is 7.11 Å². The molecule has 3 aliphatic rings. The lowest BCUT2D eigenvalue weighted by molar-refractivity contribution is -0.152. The SMILES string of the molecule is CCCC(NN1COC(=O)[C@@]1(NC(=O)C1(NC(=O)OCC2c3ccccc3-c3ccccc32)CCCC1)C(C)C)C(COC)CC(=O)O. The smallest absolute Gasteiger partial charge is 0.408 e. The zero-order chi connectivity index (χ0) is 34.5. The Morgan fingerprint density at radius 1 is 1.02 bits per heavy atom. The number of hydrogen-bond acceptors (Lipinski definition) is 9. The van der Waals surface area contributed by atoms with Crippen molar-refractivity contribution in [2.75, 3.05) is 27.1 Å². The van der Waals surface area contributed by atoms with E-state index < -0.39 is 47.0 Å². The third kappa shape index (κ3) is 6.92. The Hall–Kier alpha value is -4.00. The minimum absolute atomic E-state index is 0.106. The number of rotatable bonds is 15. The maximum atomic E-state index is 14.3. The second-order valence-electron chi connectivity index (χ2n) is 13.4. The lowest BCUT2D eigenvalue weighted by Crippen LogP contribution is -2.72. The normalized spacial score (nSPS) is 21.3. The molecular weight excluding hydrogens is 616 g/mol. The first-order chi connectivity index (χ1) is 23.1. The largest absolute Gasteiger partial charge is 0.481 e. The van der Waals surface area contributed by atoms with Gasteiger partial charge in [0.05, 0.1) is 13.0 Å². The zero-order valence-electron chi connectivity index (χ0n) is 28.3. The molecule has 12 nitrogen and oxygen atoms in total. The standard InChI is InChI=1S/C36H48N4O8/c1-5-12-30(24(20-46-4)19-31(41)42)39-40-22-48-33(44)36(40,23(2)3)37-32(43)35(17-10-11-18-35)38-34(45)47-21-29-27-15-8-6-13-25(27)26-14-7-9-16-28(26)29/h6-9,13-16,23-24,29-30,39H,5,10-12,17-22H2,1-4H3,(H,37,43)(H,38,45)(H,41,42)/t24?,30?,36-/m1/s1. The highest BCUT2D eigenvalue weighted by molar-refractivity contribution is 5.95. The van der Waals surface area contributed by atoms with Gasteiger partial charge in [-0.05, 0) is 41.5 Å². The average Bonchev–Trinajstić information content (AvgIpc) is 3.75. The fraction of sp³-hybridized carbons (Fsp3) is 0.556.